The Morgan fingerprint density at radius 3 is 2.84 bits per heavy atom. The summed E-state index contributed by atoms with van der Waals surface area (Å²) in [6.45, 7) is 6.38. The third-order valence-corrected chi connectivity index (χ3v) is 4.88. The number of aliphatic hydroxyl groups is 1. The number of aromatic nitrogens is 3. The average molecular weight is 419 g/mol. The molecule has 0 radical (unpaired) electrons. The van der Waals surface area contributed by atoms with Crippen molar-refractivity contribution >= 4 is 17.3 Å². The van der Waals surface area contributed by atoms with Crippen LogP contribution in [0.15, 0.2) is 48.9 Å². The zero-order chi connectivity index (χ0) is 22.0. The van der Waals surface area contributed by atoms with Crippen LogP contribution in [0.25, 0.3) is 11.4 Å². The number of hydrogen-bond donors (Lipinski definition) is 2. The second-order valence-electron chi connectivity index (χ2n) is 8.09. The molecule has 3 aromatic rings. The third kappa shape index (κ3) is 4.64. The maximum absolute atomic E-state index is 12.9. The highest BCUT2D eigenvalue weighted by molar-refractivity contribution is 6.00. The first-order chi connectivity index (χ1) is 14.8. The van der Waals surface area contributed by atoms with E-state index in [9.17, 15) is 9.90 Å². The number of nitrogens with one attached hydrogen (secondary N) is 1. The van der Waals surface area contributed by atoms with Crippen molar-refractivity contribution in [3.8, 4) is 17.1 Å². The summed E-state index contributed by atoms with van der Waals surface area (Å²) in [6.07, 6.45) is 4.88. The number of aryl methyl sites for hydroxylation is 1. The SMILES string of the molecule is Cc1cccc(-c2cc3c(cn2)OCCN3c2ccncc2C(=O)NCC(C)(C)O)n1. The summed E-state index contributed by atoms with van der Waals surface area (Å²) in [6, 6.07) is 9.53. The van der Waals surface area contributed by atoms with Crippen LogP contribution in [0.2, 0.25) is 0 Å². The fourth-order valence-electron chi connectivity index (χ4n) is 3.39. The van der Waals surface area contributed by atoms with Gasteiger partial charge in [-0.05, 0) is 45.0 Å². The molecule has 0 atom stereocenters. The Kier molecular flexibility index (Phi) is 5.56. The molecule has 2 N–H and O–H groups in total. The lowest BCUT2D eigenvalue weighted by Crippen LogP contribution is -2.39. The summed E-state index contributed by atoms with van der Waals surface area (Å²) in [7, 11) is 0. The first-order valence-electron chi connectivity index (χ1n) is 10.1. The Balaban J connectivity index is 1.72. The van der Waals surface area contributed by atoms with Gasteiger partial charge in [-0.3, -0.25) is 19.7 Å². The van der Waals surface area contributed by atoms with Crippen LogP contribution >= 0.6 is 0 Å². The van der Waals surface area contributed by atoms with E-state index in [0.717, 1.165) is 22.8 Å². The van der Waals surface area contributed by atoms with Crippen LogP contribution in [0, 0.1) is 6.92 Å². The van der Waals surface area contributed by atoms with E-state index in [1.165, 1.54) is 6.20 Å². The number of carbonyl (C=O) groups is 1. The van der Waals surface area contributed by atoms with E-state index in [2.05, 4.69) is 20.3 Å². The van der Waals surface area contributed by atoms with Gasteiger partial charge in [0.2, 0.25) is 0 Å². The molecule has 4 rings (SSSR count). The minimum atomic E-state index is -1.01. The van der Waals surface area contributed by atoms with Crippen LogP contribution in [-0.2, 0) is 0 Å². The quantitative estimate of drug-likeness (QED) is 0.656. The number of hydrogen-bond acceptors (Lipinski definition) is 7. The summed E-state index contributed by atoms with van der Waals surface area (Å²) >= 11 is 0. The van der Waals surface area contributed by atoms with E-state index in [1.54, 1.807) is 32.3 Å². The van der Waals surface area contributed by atoms with E-state index in [4.69, 9.17) is 4.74 Å². The highest BCUT2D eigenvalue weighted by Crippen LogP contribution is 2.39. The normalized spacial score (nSPS) is 13.4. The van der Waals surface area contributed by atoms with Crippen molar-refractivity contribution in [2.24, 2.45) is 0 Å². The van der Waals surface area contributed by atoms with E-state index in [0.29, 0.717) is 30.2 Å². The number of carbonyl (C=O) groups excluding carboxylic acids is 1. The predicted octanol–water partition coefficient (Wildman–Crippen LogP) is 2.88. The van der Waals surface area contributed by atoms with Crippen molar-refractivity contribution in [1.82, 2.24) is 20.3 Å². The molecule has 4 heterocycles. The van der Waals surface area contributed by atoms with Crippen LogP contribution in [-0.4, -0.2) is 51.3 Å². The second-order valence-corrected chi connectivity index (χ2v) is 8.09. The molecule has 0 saturated carbocycles. The first kappa shape index (κ1) is 20.7. The zero-order valence-corrected chi connectivity index (χ0v) is 17.8. The Bertz CT molecular complexity index is 1110. The minimum Gasteiger partial charge on any atom is -0.488 e. The van der Waals surface area contributed by atoms with E-state index >= 15 is 0 Å². The van der Waals surface area contributed by atoms with Gasteiger partial charge in [0.1, 0.15) is 6.61 Å². The molecular formula is C23H25N5O3. The molecular weight excluding hydrogens is 394 g/mol. The van der Waals surface area contributed by atoms with Crippen molar-refractivity contribution in [2.45, 2.75) is 26.4 Å². The number of amides is 1. The number of pyridine rings is 3. The average Bonchev–Trinajstić information content (AvgIpc) is 2.76. The van der Waals surface area contributed by atoms with Gasteiger partial charge in [0.25, 0.3) is 5.91 Å². The summed E-state index contributed by atoms with van der Waals surface area (Å²) < 4.78 is 5.81. The molecule has 0 saturated heterocycles. The monoisotopic (exact) mass is 419 g/mol. The van der Waals surface area contributed by atoms with Crippen molar-refractivity contribution in [3.05, 3.63) is 60.2 Å². The molecule has 8 nitrogen and oxygen atoms in total. The Hall–Kier alpha value is -3.52. The van der Waals surface area contributed by atoms with Gasteiger partial charge in [-0.25, -0.2) is 0 Å². The van der Waals surface area contributed by atoms with Crippen molar-refractivity contribution in [1.29, 1.82) is 0 Å². The molecule has 1 aliphatic rings. The van der Waals surface area contributed by atoms with E-state index in [1.807, 2.05) is 36.1 Å². The number of rotatable bonds is 5. The van der Waals surface area contributed by atoms with Gasteiger partial charge < -0.3 is 20.1 Å². The summed E-state index contributed by atoms with van der Waals surface area (Å²) in [4.78, 5) is 28.1. The number of ether oxygens (including phenoxy) is 1. The van der Waals surface area contributed by atoms with Gasteiger partial charge >= 0.3 is 0 Å². The molecule has 0 spiro atoms. The molecule has 0 fully saturated rings. The van der Waals surface area contributed by atoms with Crippen LogP contribution < -0.4 is 15.0 Å². The molecule has 1 amide bonds. The highest BCUT2D eigenvalue weighted by Gasteiger charge is 2.26. The Morgan fingerprint density at radius 1 is 1.23 bits per heavy atom. The molecule has 0 unspecified atom stereocenters. The van der Waals surface area contributed by atoms with Crippen molar-refractivity contribution in [2.75, 3.05) is 24.6 Å². The number of anilines is 2. The molecule has 8 heteroatoms. The van der Waals surface area contributed by atoms with Crippen LogP contribution in [0.4, 0.5) is 11.4 Å². The lowest BCUT2D eigenvalue weighted by atomic mass is 10.1. The molecule has 0 bridgehead atoms. The first-order valence-corrected chi connectivity index (χ1v) is 10.1. The molecule has 3 aromatic heterocycles. The van der Waals surface area contributed by atoms with Crippen molar-refractivity contribution in [3.63, 3.8) is 0 Å². The van der Waals surface area contributed by atoms with Gasteiger partial charge in [0.05, 0.1) is 46.7 Å². The third-order valence-electron chi connectivity index (χ3n) is 4.88. The van der Waals surface area contributed by atoms with Crippen molar-refractivity contribution < 1.29 is 14.6 Å². The smallest absolute Gasteiger partial charge is 0.255 e. The lowest BCUT2D eigenvalue weighted by Gasteiger charge is -2.32. The largest absolute Gasteiger partial charge is 0.488 e. The molecule has 31 heavy (non-hydrogen) atoms. The maximum Gasteiger partial charge on any atom is 0.255 e. The Labute approximate surface area is 180 Å². The maximum atomic E-state index is 12.9. The molecule has 0 aromatic carbocycles. The minimum absolute atomic E-state index is 0.132. The van der Waals surface area contributed by atoms with Gasteiger partial charge in [-0.1, -0.05) is 6.07 Å². The van der Waals surface area contributed by atoms with Gasteiger partial charge in [0, 0.05) is 24.6 Å². The van der Waals surface area contributed by atoms with Gasteiger partial charge in [0.15, 0.2) is 5.75 Å². The summed E-state index contributed by atoms with van der Waals surface area (Å²) in [5.41, 5.74) is 3.33. The fourth-order valence-corrected chi connectivity index (χ4v) is 3.39. The van der Waals surface area contributed by atoms with Crippen LogP contribution in [0.5, 0.6) is 5.75 Å². The standard InChI is InChI=1S/C23H25N5O3/c1-15-5-4-6-17(27-15)18-11-20-21(13-25-18)31-10-9-28(20)19-7-8-24-12-16(19)22(29)26-14-23(2,3)30/h4-8,11-13,30H,9-10,14H2,1-3H3,(H,26,29). The summed E-state index contributed by atoms with van der Waals surface area (Å²) in [5.74, 6) is 0.343. The lowest BCUT2D eigenvalue weighted by molar-refractivity contribution is 0.0694. The summed E-state index contributed by atoms with van der Waals surface area (Å²) in [5, 5.41) is 12.7. The number of fused-ring (bicyclic) bond motifs is 1. The molecule has 0 aliphatic carbocycles. The highest BCUT2D eigenvalue weighted by atomic mass is 16.5. The van der Waals surface area contributed by atoms with Gasteiger partial charge in [-0.2, -0.15) is 0 Å². The van der Waals surface area contributed by atoms with Crippen LogP contribution in [0.3, 0.4) is 0 Å². The second kappa shape index (κ2) is 8.31. The van der Waals surface area contributed by atoms with E-state index < -0.39 is 5.60 Å². The molecule has 1 aliphatic heterocycles. The van der Waals surface area contributed by atoms with Gasteiger partial charge in [-0.15, -0.1) is 0 Å². The van der Waals surface area contributed by atoms with E-state index in [-0.39, 0.29) is 12.5 Å². The zero-order valence-electron chi connectivity index (χ0n) is 17.8. The topological polar surface area (TPSA) is 100 Å². The fraction of sp³-hybridized carbons (Fsp3) is 0.304. The number of nitrogens with zero attached hydrogens (tertiary/aromatic N) is 4. The van der Waals surface area contributed by atoms with Crippen LogP contribution in [0.1, 0.15) is 29.9 Å². The predicted molar refractivity (Wildman–Crippen MR) is 118 cm³/mol. The Morgan fingerprint density at radius 2 is 2.06 bits per heavy atom. The molecule has 160 valence electrons.